The minimum absolute atomic E-state index is 0.00537. The third-order valence-electron chi connectivity index (χ3n) is 2.13. The van der Waals surface area contributed by atoms with E-state index in [1.807, 2.05) is 19.0 Å². The van der Waals surface area contributed by atoms with Gasteiger partial charge in [-0.25, -0.2) is 0 Å². The minimum Gasteiger partial charge on any atom is -0.304 e. The van der Waals surface area contributed by atoms with Crippen LogP contribution in [0.4, 0.5) is 0 Å². The summed E-state index contributed by atoms with van der Waals surface area (Å²) in [7, 11) is 3.82. The third-order valence-corrected chi connectivity index (χ3v) is 2.13. The van der Waals surface area contributed by atoms with Gasteiger partial charge in [0.1, 0.15) is 12.1 Å². The summed E-state index contributed by atoms with van der Waals surface area (Å²) in [4.78, 5) is 13.1. The Morgan fingerprint density at radius 2 is 2.00 bits per heavy atom. The van der Waals surface area contributed by atoms with Gasteiger partial charge in [-0.15, -0.1) is 0 Å². The number of carbonyl (C=O) groups is 1. The highest BCUT2D eigenvalue weighted by Gasteiger charge is 2.15. The first-order valence-electron chi connectivity index (χ1n) is 4.86. The van der Waals surface area contributed by atoms with Crippen molar-refractivity contribution in [2.24, 2.45) is 11.5 Å². The number of nitrogens with zero attached hydrogens (tertiary/aromatic N) is 1. The van der Waals surface area contributed by atoms with Gasteiger partial charge in [0, 0.05) is 0 Å². The molecule has 0 saturated heterocycles. The van der Waals surface area contributed by atoms with Gasteiger partial charge in [0.2, 0.25) is 0 Å². The molecule has 0 aliphatic rings. The molecule has 0 fully saturated rings. The topological polar surface area (TPSA) is 84.4 Å². The van der Waals surface area contributed by atoms with Crippen LogP contribution in [0.5, 0.6) is 0 Å². The second kappa shape index (κ2) is 6.89. The molecule has 0 aliphatic carbocycles. The van der Waals surface area contributed by atoms with Crippen LogP contribution in [0.2, 0.25) is 0 Å². The van der Waals surface area contributed by atoms with Crippen molar-refractivity contribution in [1.29, 1.82) is 0 Å². The maximum absolute atomic E-state index is 11.2. The first-order chi connectivity index (χ1) is 6.45. The number of nitrogens with two attached hydrogens (primary N) is 2. The molecule has 84 valence electrons. The van der Waals surface area contributed by atoms with E-state index in [0.29, 0.717) is 0 Å². The molecule has 1 atom stereocenters. The Bertz CT molecular complexity index is 170. The summed E-state index contributed by atoms with van der Waals surface area (Å²) in [6.07, 6.45) is 1.26. The van der Waals surface area contributed by atoms with Crippen molar-refractivity contribution in [1.82, 2.24) is 10.2 Å². The summed E-state index contributed by atoms with van der Waals surface area (Å²) in [5, 5.41) is 2.90. The maximum Gasteiger partial charge on any atom is 0.146 e. The standard InChI is InChI=1S/C9H22N4O/c1-7(14)8(13(2)3)5-4-6-12-9(10)11/h8-9,12H,4-6,10-11H2,1-3H3/t8-/m0/s1. The average Bonchev–Trinajstić information content (AvgIpc) is 2.01. The molecule has 0 amide bonds. The van der Waals surface area contributed by atoms with Gasteiger partial charge < -0.3 is 11.5 Å². The van der Waals surface area contributed by atoms with Gasteiger partial charge in [-0.3, -0.25) is 15.0 Å². The van der Waals surface area contributed by atoms with E-state index in [1.165, 1.54) is 0 Å². The van der Waals surface area contributed by atoms with Gasteiger partial charge in [0.25, 0.3) is 0 Å². The fourth-order valence-corrected chi connectivity index (χ4v) is 1.39. The van der Waals surface area contributed by atoms with Crippen LogP contribution >= 0.6 is 0 Å². The van der Waals surface area contributed by atoms with E-state index in [0.717, 1.165) is 19.4 Å². The molecule has 14 heavy (non-hydrogen) atoms. The normalized spacial score (nSPS) is 13.6. The third kappa shape index (κ3) is 6.04. The van der Waals surface area contributed by atoms with Crippen LogP contribution in [0, 0.1) is 0 Å². The lowest BCUT2D eigenvalue weighted by Crippen LogP contribution is -2.45. The fraction of sp³-hybridized carbons (Fsp3) is 0.889. The molecule has 0 aromatic heterocycles. The number of hydrogen-bond acceptors (Lipinski definition) is 5. The van der Waals surface area contributed by atoms with Crippen LogP contribution in [-0.2, 0) is 4.79 Å². The lowest BCUT2D eigenvalue weighted by atomic mass is 10.1. The van der Waals surface area contributed by atoms with Gasteiger partial charge in [0.15, 0.2) is 0 Å². The number of hydrogen-bond donors (Lipinski definition) is 3. The van der Waals surface area contributed by atoms with Crippen LogP contribution < -0.4 is 16.8 Å². The van der Waals surface area contributed by atoms with Gasteiger partial charge in [-0.1, -0.05) is 0 Å². The predicted octanol–water partition coefficient (Wildman–Crippen LogP) is -0.924. The first-order valence-corrected chi connectivity index (χ1v) is 4.86. The average molecular weight is 202 g/mol. The van der Waals surface area contributed by atoms with Gasteiger partial charge >= 0.3 is 0 Å². The summed E-state index contributed by atoms with van der Waals surface area (Å²) >= 11 is 0. The number of likely N-dealkylation sites (N-methyl/N-ethyl adjacent to an activating group) is 1. The molecular formula is C9H22N4O. The zero-order valence-electron chi connectivity index (χ0n) is 9.29. The number of carbonyl (C=O) groups excluding carboxylic acids is 1. The van der Waals surface area contributed by atoms with E-state index in [1.54, 1.807) is 6.92 Å². The second-order valence-electron chi connectivity index (χ2n) is 3.71. The van der Waals surface area contributed by atoms with E-state index in [-0.39, 0.29) is 11.8 Å². The molecule has 0 spiro atoms. The Balaban J connectivity index is 3.67. The molecule has 0 aromatic carbocycles. The van der Waals surface area contributed by atoms with Crippen molar-refractivity contribution in [3.63, 3.8) is 0 Å². The van der Waals surface area contributed by atoms with Crippen molar-refractivity contribution in [3.8, 4) is 0 Å². The zero-order chi connectivity index (χ0) is 11.1. The number of rotatable bonds is 7. The highest BCUT2D eigenvalue weighted by atomic mass is 16.1. The van der Waals surface area contributed by atoms with Gasteiger partial charge in [0.05, 0.1) is 6.04 Å². The minimum atomic E-state index is -0.467. The highest BCUT2D eigenvalue weighted by molar-refractivity contribution is 5.81. The number of nitrogens with one attached hydrogen (secondary N) is 1. The quantitative estimate of drug-likeness (QED) is 0.367. The lowest BCUT2D eigenvalue weighted by molar-refractivity contribution is -0.121. The zero-order valence-corrected chi connectivity index (χ0v) is 9.29. The van der Waals surface area contributed by atoms with E-state index in [9.17, 15) is 4.79 Å². The Morgan fingerprint density at radius 1 is 1.43 bits per heavy atom. The molecule has 0 rings (SSSR count). The smallest absolute Gasteiger partial charge is 0.146 e. The first kappa shape index (κ1) is 13.5. The molecule has 5 heteroatoms. The van der Waals surface area contributed by atoms with Crippen molar-refractivity contribution in [2.75, 3.05) is 20.6 Å². The lowest BCUT2D eigenvalue weighted by Gasteiger charge is -2.21. The summed E-state index contributed by atoms with van der Waals surface area (Å²) < 4.78 is 0. The number of ketones is 1. The predicted molar refractivity (Wildman–Crippen MR) is 57.6 cm³/mol. The van der Waals surface area contributed by atoms with E-state index in [4.69, 9.17) is 11.5 Å². The maximum atomic E-state index is 11.2. The Morgan fingerprint density at radius 3 is 2.36 bits per heavy atom. The molecule has 0 radical (unpaired) electrons. The van der Waals surface area contributed by atoms with Crippen LogP contribution in [0.3, 0.4) is 0 Å². The molecule has 0 aromatic rings. The summed E-state index contributed by atoms with van der Waals surface area (Å²) in [5.74, 6) is 0.201. The Hall–Kier alpha value is -0.490. The van der Waals surface area contributed by atoms with Crippen LogP contribution in [-0.4, -0.2) is 43.7 Å². The molecule has 0 bridgehead atoms. The second-order valence-corrected chi connectivity index (χ2v) is 3.71. The van der Waals surface area contributed by atoms with E-state index < -0.39 is 6.29 Å². The summed E-state index contributed by atoms with van der Waals surface area (Å²) in [5.41, 5.74) is 10.6. The van der Waals surface area contributed by atoms with Crippen molar-refractivity contribution >= 4 is 5.78 Å². The highest BCUT2D eigenvalue weighted by Crippen LogP contribution is 2.03. The number of Topliss-reactive ketones (excluding diaryl/α,β-unsaturated/α-hetero) is 1. The van der Waals surface area contributed by atoms with Crippen molar-refractivity contribution < 1.29 is 4.79 Å². The largest absolute Gasteiger partial charge is 0.304 e. The van der Waals surface area contributed by atoms with Crippen molar-refractivity contribution in [3.05, 3.63) is 0 Å². The summed E-state index contributed by atoms with van der Waals surface area (Å²) in [6.45, 7) is 2.36. The SMILES string of the molecule is CC(=O)[C@H](CCCNC(N)N)N(C)C. The summed E-state index contributed by atoms with van der Waals surface area (Å²) in [6, 6.07) is 0.00537. The van der Waals surface area contributed by atoms with E-state index in [2.05, 4.69) is 5.32 Å². The van der Waals surface area contributed by atoms with Crippen molar-refractivity contribution in [2.45, 2.75) is 32.1 Å². The molecule has 5 nitrogen and oxygen atoms in total. The van der Waals surface area contributed by atoms with Gasteiger partial charge in [-0.2, -0.15) is 0 Å². The Kier molecular flexibility index (Phi) is 6.65. The molecule has 0 unspecified atom stereocenters. The molecule has 0 saturated carbocycles. The van der Waals surface area contributed by atoms with Crippen LogP contribution in [0.15, 0.2) is 0 Å². The van der Waals surface area contributed by atoms with E-state index >= 15 is 0 Å². The van der Waals surface area contributed by atoms with Gasteiger partial charge in [-0.05, 0) is 40.4 Å². The molecular weight excluding hydrogens is 180 g/mol. The molecule has 0 heterocycles. The molecule has 5 N–H and O–H groups in total. The van der Waals surface area contributed by atoms with Crippen LogP contribution in [0.25, 0.3) is 0 Å². The fourth-order valence-electron chi connectivity index (χ4n) is 1.39. The monoisotopic (exact) mass is 202 g/mol. The Labute approximate surface area is 85.8 Å². The van der Waals surface area contributed by atoms with Crippen LogP contribution in [0.1, 0.15) is 19.8 Å². The molecule has 0 aliphatic heterocycles.